The zero-order valence-electron chi connectivity index (χ0n) is 14.5. The smallest absolute Gasteiger partial charge is 0.275 e. The summed E-state index contributed by atoms with van der Waals surface area (Å²) in [4.78, 5) is 14.4. The Labute approximate surface area is 149 Å². The minimum atomic E-state index is -1.05. The van der Waals surface area contributed by atoms with Gasteiger partial charge in [-0.25, -0.2) is 10.9 Å². The third kappa shape index (κ3) is 2.13. The molecule has 0 aromatic carbocycles. The van der Waals surface area contributed by atoms with E-state index in [4.69, 9.17) is 14.7 Å². The highest BCUT2D eigenvalue weighted by Gasteiger charge is 2.48. The van der Waals surface area contributed by atoms with Crippen LogP contribution >= 0.6 is 0 Å². The van der Waals surface area contributed by atoms with E-state index in [1.807, 2.05) is 6.92 Å². The molecule has 26 heavy (non-hydrogen) atoms. The van der Waals surface area contributed by atoms with Crippen molar-refractivity contribution in [3.05, 3.63) is 58.5 Å². The molecule has 2 aliphatic rings. The number of amides is 1. The number of furan rings is 2. The van der Waals surface area contributed by atoms with Gasteiger partial charge in [-0.2, -0.15) is 0 Å². The van der Waals surface area contributed by atoms with Crippen molar-refractivity contribution in [1.82, 2.24) is 9.91 Å². The van der Waals surface area contributed by atoms with E-state index in [9.17, 15) is 9.90 Å². The quantitative estimate of drug-likeness (QED) is 0.485. The van der Waals surface area contributed by atoms with Gasteiger partial charge in [0.2, 0.25) is 0 Å². The van der Waals surface area contributed by atoms with Gasteiger partial charge in [0.05, 0.1) is 11.3 Å². The number of fused-ring (bicyclic) bond motifs is 1. The molecule has 0 bridgehead atoms. The van der Waals surface area contributed by atoms with Gasteiger partial charge in [-0.15, -0.1) is 0 Å². The fourth-order valence-electron chi connectivity index (χ4n) is 3.32. The summed E-state index contributed by atoms with van der Waals surface area (Å²) in [6.07, 6.45) is -1.05. The molecule has 1 atom stereocenters. The minimum Gasteiger partial charge on any atom is -0.460 e. The van der Waals surface area contributed by atoms with Gasteiger partial charge >= 0.3 is 0 Å². The van der Waals surface area contributed by atoms with Gasteiger partial charge in [0, 0.05) is 12.6 Å². The fraction of sp³-hybridized carbons (Fsp3) is 0.211. The van der Waals surface area contributed by atoms with E-state index in [0.717, 1.165) is 5.01 Å². The first-order valence-electron chi connectivity index (χ1n) is 8.02. The van der Waals surface area contributed by atoms with Crippen LogP contribution in [-0.2, 0) is 4.79 Å². The van der Waals surface area contributed by atoms with E-state index in [2.05, 4.69) is 11.8 Å². The van der Waals surface area contributed by atoms with Crippen LogP contribution < -0.4 is 5.84 Å². The molecule has 2 aliphatic heterocycles. The number of carbonyl (C=O) groups excluding carboxylic acids is 1. The first-order chi connectivity index (χ1) is 12.4. The van der Waals surface area contributed by atoms with Crippen LogP contribution in [0.1, 0.15) is 30.0 Å². The van der Waals surface area contributed by atoms with Gasteiger partial charge in [0.1, 0.15) is 11.5 Å². The number of nitrogens with two attached hydrogens (primary N) is 1. The van der Waals surface area contributed by atoms with Crippen LogP contribution in [0, 0.1) is 18.8 Å². The molecule has 0 saturated carbocycles. The first-order valence-corrected chi connectivity index (χ1v) is 8.02. The Bertz CT molecular complexity index is 1040. The second-order valence-electron chi connectivity index (χ2n) is 6.09. The number of aliphatic hydroxyl groups is 1. The van der Waals surface area contributed by atoms with Gasteiger partial charge in [-0.05, 0) is 44.0 Å². The Balaban J connectivity index is 1.94. The maximum Gasteiger partial charge on any atom is 0.275 e. The van der Waals surface area contributed by atoms with E-state index in [1.54, 1.807) is 43.1 Å². The molecule has 3 N–H and O–H groups in total. The zero-order valence-corrected chi connectivity index (χ0v) is 14.5. The summed E-state index contributed by atoms with van der Waals surface area (Å²) in [5.41, 5.74) is 1.53. The molecule has 0 spiro atoms. The summed E-state index contributed by atoms with van der Waals surface area (Å²) in [7, 11) is 1.69. The first kappa shape index (κ1) is 16.3. The van der Waals surface area contributed by atoms with E-state index in [-0.39, 0.29) is 0 Å². The van der Waals surface area contributed by atoms with Crippen molar-refractivity contribution in [1.29, 1.82) is 0 Å². The average molecular weight is 351 g/mol. The number of carbonyl (C=O) groups is 1. The van der Waals surface area contributed by atoms with Crippen molar-refractivity contribution in [2.24, 2.45) is 5.84 Å². The number of rotatable bonds is 2. The summed E-state index contributed by atoms with van der Waals surface area (Å²) >= 11 is 0. The van der Waals surface area contributed by atoms with Crippen LogP contribution in [0.5, 0.6) is 0 Å². The molecule has 2 aromatic rings. The van der Waals surface area contributed by atoms with Crippen molar-refractivity contribution < 1.29 is 18.7 Å². The molecular formula is C19H17N3O4. The monoisotopic (exact) mass is 351 g/mol. The lowest BCUT2D eigenvalue weighted by atomic mass is 10.1. The molecule has 4 rings (SSSR count). The Kier molecular flexibility index (Phi) is 3.54. The number of likely N-dealkylation sites (N-methyl/N-ethyl adjacent to an activating group) is 1. The maximum absolute atomic E-state index is 12.8. The highest BCUT2D eigenvalue weighted by atomic mass is 16.3. The van der Waals surface area contributed by atoms with Gasteiger partial charge in [-0.3, -0.25) is 4.79 Å². The lowest BCUT2D eigenvalue weighted by Gasteiger charge is -2.22. The average Bonchev–Trinajstić information content (AvgIpc) is 3.34. The predicted octanol–water partition coefficient (Wildman–Crippen LogP) is 1.65. The van der Waals surface area contributed by atoms with E-state index in [1.165, 1.54) is 0 Å². The number of aliphatic hydroxyl groups excluding tert-OH is 1. The van der Waals surface area contributed by atoms with Crippen LogP contribution in [-0.4, -0.2) is 34.2 Å². The summed E-state index contributed by atoms with van der Waals surface area (Å²) in [5, 5.41) is 11.8. The number of hydrogen-bond acceptors (Lipinski definition) is 6. The number of hydrogen-bond donors (Lipinski definition) is 2. The summed E-state index contributed by atoms with van der Waals surface area (Å²) in [5.74, 6) is 13.2. The molecule has 4 heterocycles. The van der Waals surface area contributed by atoms with Crippen molar-refractivity contribution in [2.45, 2.75) is 20.1 Å². The molecule has 0 radical (unpaired) electrons. The summed E-state index contributed by atoms with van der Waals surface area (Å²) in [6, 6.07) is 6.94. The molecule has 2 aromatic heterocycles. The van der Waals surface area contributed by atoms with Gasteiger partial charge in [-0.1, -0.05) is 5.92 Å². The van der Waals surface area contributed by atoms with E-state index >= 15 is 0 Å². The van der Waals surface area contributed by atoms with Crippen molar-refractivity contribution >= 4 is 17.3 Å². The molecule has 7 heteroatoms. The zero-order chi connectivity index (χ0) is 18.6. The highest BCUT2D eigenvalue weighted by molar-refractivity contribution is 6.15. The second-order valence-corrected chi connectivity index (χ2v) is 6.09. The van der Waals surface area contributed by atoms with E-state index in [0.29, 0.717) is 45.6 Å². The third-order valence-electron chi connectivity index (χ3n) is 4.47. The van der Waals surface area contributed by atoms with Crippen molar-refractivity contribution in [3.8, 4) is 11.8 Å². The fourth-order valence-corrected chi connectivity index (χ4v) is 3.32. The molecule has 0 saturated heterocycles. The Morgan fingerprint density at radius 1 is 1.15 bits per heavy atom. The second kappa shape index (κ2) is 5.66. The van der Waals surface area contributed by atoms with Crippen molar-refractivity contribution in [3.63, 3.8) is 0 Å². The standard InChI is InChI=1S/C19H17N3O4/c1-4-5-11-7-9-13(26-11)17-15-14(19(24)22(17)20)16(21(3)18(15)23)12-8-6-10(2)25-12/h6-9,18,23H,20H2,1-3H3. The topological polar surface area (TPSA) is 96.1 Å². The normalized spacial score (nSPS) is 19.4. The SMILES string of the molecule is CC#Cc1ccc(C2=C3C(=C(c4ccc(C)o4)N(C)C3O)C(=O)N2N)o1. The highest BCUT2D eigenvalue weighted by Crippen LogP contribution is 2.46. The number of hydrazine groups is 1. The van der Waals surface area contributed by atoms with Crippen LogP contribution in [0.4, 0.5) is 0 Å². The van der Waals surface area contributed by atoms with Gasteiger partial charge < -0.3 is 18.8 Å². The van der Waals surface area contributed by atoms with Gasteiger partial charge in [0.15, 0.2) is 23.5 Å². The Hall–Kier alpha value is -3.21. The molecule has 1 unspecified atom stereocenters. The van der Waals surface area contributed by atoms with Crippen LogP contribution in [0.15, 0.2) is 44.2 Å². The largest absolute Gasteiger partial charge is 0.460 e. The van der Waals surface area contributed by atoms with Crippen LogP contribution in [0.25, 0.3) is 11.4 Å². The molecular weight excluding hydrogens is 334 g/mol. The summed E-state index contributed by atoms with van der Waals surface area (Å²) in [6.45, 7) is 3.51. The third-order valence-corrected chi connectivity index (χ3v) is 4.47. The molecule has 0 fully saturated rings. The molecule has 0 aliphatic carbocycles. The number of nitrogens with zero attached hydrogens (tertiary/aromatic N) is 2. The van der Waals surface area contributed by atoms with Crippen LogP contribution in [0.2, 0.25) is 0 Å². The summed E-state index contributed by atoms with van der Waals surface area (Å²) < 4.78 is 11.4. The lowest BCUT2D eigenvalue weighted by molar-refractivity contribution is -0.123. The molecule has 132 valence electrons. The Morgan fingerprint density at radius 3 is 2.50 bits per heavy atom. The maximum atomic E-state index is 12.8. The lowest BCUT2D eigenvalue weighted by Crippen LogP contribution is -2.34. The van der Waals surface area contributed by atoms with Crippen molar-refractivity contribution in [2.75, 3.05) is 7.05 Å². The predicted molar refractivity (Wildman–Crippen MR) is 93.3 cm³/mol. The van der Waals surface area contributed by atoms with Crippen LogP contribution in [0.3, 0.4) is 0 Å². The van der Waals surface area contributed by atoms with Gasteiger partial charge in [0.25, 0.3) is 5.91 Å². The molecule has 1 amide bonds. The van der Waals surface area contributed by atoms with E-state index < -0.39 is 12.1 Å². The Morgan fingerprint density at radius 2 is 1.85 bits per heavy atom. The minimum absolute atomic E-state index is 0.311. The number of aryl methyl sites for hydroxylation is 1. The molecule has 7 nitrogen and oxygen atoms in total.